The third-order valence-corrected chi connectivity index (χ3v) is 3.85. The number of hydrogen-bond donors (Lipinski definition) is 1. The molecule has 0 radical (unpaired) electrons. The van der Waals surface area contributed by atoms with Crippen LogP contribution in [0, 0.1) is 12.7 Å². The Morgan fingerprint density at radius 3 is 2.30 bits per heavy atom. The van der Waals surface area contributed by atoms with Gasteiger partial charge in [0.15, 0.2) is 0 Å². The molecule has 3 rings (SSSR count). The molecule has 6 heteroatoms. The number of halogens is 2. The van der Waals surface area contributed by atoms with E-state index in [-0.39, 0.29) is 10.7 Å². The van der Waals surface area contributed by atoms with Gasteiger partial charge in [0.2, 0.25) is 0 Å². The summed E-state index contributed by atoms with van der Waals surface area (Å²) in [7, 11) is 0. The van der Waals surface area contributed by atoms with Gasteiger partial charge in [-0.25, -0.2) is 9.29 Å². The lowest BCUT2D eigenvalue weighted by molar-refractivity contribution is -0.120. The molecule has 0 fully saturated rings. The van der Waals surface area contributed by atoms with Gasteiger partial charge in [0.1, 0.15) is 16.5 Å². The summed E-state index contributed by atoms with van der Waals surface area (Å²) < 4.78 is 12.9. The zero-order chi connectivity index (χ0) is 16.6. The summed E-state index contributed by atoms with van der Waals surface area (Å²) in [5, 5.41) is 2.59. The maximum atomic E-state index is 12.9. The highest BCUT2D eigenvalue weighted by molar-refractivity contribution is 6.53. The van der Waals surface area contributed by atoms with Crippen molar-refractivity contribution in [3.05, 3.63) is 70.6 Å². The Morgan fingerprint density at radius 2 is 1.65 bits per heavy atom. The van der Waals surface area contributed by atoms with Crippen molar-refractivity contribution in [2.24, 2.45) is 0 Å². The number of nitrogens with one attached hydrogen (secondary N) is 1. The average molecular weight is 331 g/mol. The first-order chi connectivity index (χ1) is 11.0. The van der Waals surface area contributed by atoms with Crippen LogP contribution in [0.15, 0.2) is 59.3 Å². The van der Waals surface area contributed by atoms with Gasteiger partial charge in [-0.3, -0.25) is 9.59 Å². The second kappa shape index (κ2) is 5.85. The summed E-state index contributed by atoms with van der Waals surface area (Å²) in [5.74, 6) is -1.53. The topological polar surface area (TPSA) is 49.4 Å². The molecule has 0 aliphatic carbocycles. The maximum Gasteiger partial charge on any atom is 0.283 e. The van der Waals surface area contributed by atoms with Crippen LogP contribution in [0.1, 0.15) is 5.56 Å². The van der Waals surface area contributed by atoms with Crippen LogP contribution in [-0.2, 0) is 9.59 Å². The second-order valence-electron chi connectivity index (χ2n) is 5.05. The van der Waals surface area contributed by atoms with Gasteiger partial charge < -0.3 is 5.32 Å². The minimum Gasteiger partial charge on any atom is -0.350 e. The van der Waals surface area contributed by atoms with E-state index in [4.69, 9.17) is 11.6 Å². The smallest absolute Gasteiger partial charge is 0.283 e. The Labute approximate surface area is 137 Å². The number of para-hydroxylation sites is 1. The first-order valence-corrected chi connectivity index (χ1v) is 7.23. The summed E-state index contributed by atoms with van der Waals surface area (Å²) in [4.78, 5) is 25.9. The van der Waals surface area contributed by atoms with Gasteiger partial charge in [-0.1, -0.05) is 29.8 Å². The normalized spacial score (nSPS) is 14.7. The predicted molar refractivity (Wildman–Crippen MR) is 86.6 cm³/mol. The zero-order valence-electron chi connectivity index (χ0n) is 12.1. The molecule has 1 aliphatic rings. The molecule has 1 heterocycles. The van der Waals surface area contributed by atoms with Crippen LogP contribution >= 0.6 is 11.6 Å². The summed E-state index contributed by atoms with van der Waals surface area (Å²) in [6, 6.07) is 12.4. The third-order valence-electron chi connectivity index (χ3n) is 3.50. The van der Waals surface area contributed by atoms with Gasteiger partial charge in [-0.2, -0.15) is 0 Å². The van der Waals surface area contributed by atoms with Gasteiger partial charge in [-0.05, 0) is 42.8 Å². The van der Waals surface area contributed by atoms with Gasteiger partial charge in [-0.15, -0.1) is 0 Å². The Bertz CT molecular complexity index is 831. The fourth-order valence-corrected chi connectivity index (χ4v) is 2.53. The molecule has 4 nitrogen and oxygen atoms in total. The van der Waals surface area contributed by atoms with E-state index in [2.05, 4.69) is 5.32 Å². The molecule has 2 aromatic rings. The van der Waals surface area contributed by atoms with E-state index in [1.165, 1.54) is 24.3 Å². The molecule has 0 atom stereocenters. The van der Waals surface area contributed by atoms with E-state index in [0.29, 0.717) is 11.4 Å². The Morgan fingerprint density at radius 1 is 1.00 bits per heavy atom. The van der Waals surface area contributed by atoms with Crippen molar-refractivity contribution in [3.8, 4) is 0 Å². The monoisotopic (exact) mass is 330 g/mol. The van der Waals surface area contributed by atoms with Gasteiger partial charge in [0.05, 0.1) is 5.69 Å². The highest BCUT2D eigenvalue weighted by Gasteiger charge is 2.39. The van der Waals surface area contributed by atoms with Crippen LogP contribution in [0.4, 0.5) is 15.8 Å². The molecule has 0 spiro atoms. The lowest BCUT2D eigenvalue weighted by Crippen LogP contribution is -2.32. The molecule has 0 unspecified atom stereocenters. The quantitative estimate of drug-likeness (QED) is 0.875. The van der Waals surface area contributed by atoms with Crippen molar-refractivity contribution in [2.45, 2.75) is 6.92 Å². The van der Waals surface area contributed by atoms with Crippen LogP contribution in [-0.4, -0.2) is 11.8 Å². The molecule has 1 aliphatic heterocycles. The van der Waals surface area contributed by atoms with Crippen molar-refractivity contribution in [1.82, 2.24) is 0 Å². The lowest BCUT2D eigenvalue weighted by atomic mass is 10.2. The molecule has 0 bridgehead atoms. The van der Waals surface area contributed by atoms with Crippen LogP contribution in [0.5, 0.6) is 0 Å². The van der Waals surface area contributed by atoms with E-state index in [1.54, 1.807) is 25.1 Å². The highest BCUT2D eigenvalue weighted by Crippen LogP contribution is 2.31. The standard InChI is InChI=1S/C17H12ClFN2O2/c1-10-4-2-3-5-13(10)21-16(22)14(18)15(17(21)23)20-12-8-6-11(19)7-9-12/h2-9,20H,1H3. The number of carbonyl (C=O) groups is 2. The summed E-state index contributed by atoms with van der Waals surface area (Å²) in [6.45, 7) is 1.80. The van der Waals surface area contributed by atoms with E-state index in [0.717, 1.165) is 10.5 Å². The number of amides is 2. The van der Waals surface area contributed by atoms with Crippen LogP contribution in [0.3, 0.4) is 0 Å². The number of carbonyl (C=O) groups excluding carboxylic acids is 2. The summed E-state index contributed by atoms with van der Waals surface area (Å²) >= 11 is 6.03. The fourth-order valence-electron chi connectivity index (χ4n) is 2.32. The van der Waals surface area contributed by atoms with E-state index in [9.17, 15) is 14.0 Å². The number of aryl methyl sites for hydroxylation is 1. The Hall–Kier alpha value is -2.66. The first-order valence-electron chi connectivity index (χ1n) is 6.86. The van der Waals surface area contributed by atoms with Crippen molar-refractivity contribution < 1.29 is 14.0 Å². The minimum atomic E-state index is -0.587. The molecule has 116 valence electrons. The Kier molecular flexibility index (Phi) is 3.88. The van der Waals surface area contributed by atoms with E-state index >= 15 is 0 Å². The zero-order valence-corrected chi connectivity index (χ0v) is 12.9. The van der Waals surface area contributed by atoms with Gasteiger partial charge in [0, 0.05) is 5.69 Å². The van der Waals surface area contributed by atoms with Gasteiger partial charge in [0.25, 0.3) is 11.8 Å². The Balaban J connectivity index is 1.93. The third kappa shape index (κ3) is 2.71. The molecule has 2 aromatic carbocycles. The maximum absolute atomic E-state index is 12.9. The lowest BCUT2D eigenvalue weighted by Gasteiger charge is -2.17. The van der Waals surface area contributed by atoms with Crippen LogP contribution in [0.25, 0.3) is 0 Å². The first kappa shape index (κ1) is 15.2. The van der Waals surface area contributed by atoms with E-state index in [1.807, 2.05) is 6.07 Å². The van der Waals surface area contributed by atoms with Crippen LogP contribution < -0.4 is 10.2 Å². The second-order valence-corrected chi connectivity index (χ2v) is 5.43. The minimum absolute atomic E-state index is 0.0217. The molecule has 0 saturated carbocycles. The predicted octanol–water partition coefficient (Wildman–Crippen LogP) is 3.57. The molecule has 23 heavy (non-hydrogen) atoms. The highest BCUT2D eigenvalue weighted by atomic mass is 35.5. The number of rotatable bonds is 3. The molecule has 0 aromatic heterocycles. The van der Waals surface area contributed by atoms with Crippen LogP contribution in [0.2, 0.25) is 0 Å². The number of anilines is 2. The number of nitrogens with zero attached hydrogens (tertiary/aromatic N) is 1. The number of imide groups is 1. The van der Waals surface area contributed by atoms with E-state index < -0.39 is 17.6 Å². The molecular formula is C17H12ClFN2O2. The largest absolute Gasteiger partial charge is 0.350 e. The summed E-state index contributed by atoms with van der Waals surface area (Å²) in [5.41, 5.74) is 1.71. The SMILES string of the molecule is Cc1ccccc1N1C(=O)C(Cl)=C(Nc2ccc(F)cc2)C1=O. The summed E-state index contributed by atoms with van der Waals surface area (Å²) in [6.07, 6.45) is 0. The fraction of sp³-hybridized carbons (Fsp3) is 0.0588. The molecule has 1 N–H and O–H groups in total. The number of hydrogen-bond acceptors (Lipinski definition) is 3. The molecular weight excluding hydrogens is 319 g/mol. The average Bonchev–Trinajstić information content (AvgIpc) is 2.74. The van der Waals surface area contributed by atoms with Crippen molar-refractivity contribution in [1.29, 1.82) is 0 Å². The van der Waals surface area contributed by atoms with Crippen molar-refractivity contribution in [2.75, 3.05) is 10.2 Å². The van der Waals surface area contributed by atoms with Crippen molar-refractivity contribution >= 4 is 34.8 Å². The molecule has 0 saturated heterocycles. The number of benzene rings is 2. The molecule has 2 amide bonds. The van der Waals surface area contributed by atoms with Crippen molar-refractivity contribution in [3.63, 3.8) is 0 Å². The van der Waals surface area contributed by atoms with Gasteiger partial charge >= 0.3 is 0 Å².